The number of amides is 3. The second-order valence-corrected chi connectivity index (χ2v) is 7.63. The zero-order valence-corrected chi connectivity index (χ0v) is 17.4. The fourth-order valence-electron chi connectivity index (χ4n) is 3.69. The molecule has 0 aliphatic carbocycles. The summed E-state index contributed by atoms with van der Waals surface area (Å²) < 4.78 is 0. The van der Waals surface area contributed by atoms with E-state index in [0.717, 1.165) is 11.1 Å². The average molecular weight is 413 g/mol. The van der Waals surface area contributed by atoms with Crippen LogP contribution in [0.25, 0.3) is 0 Å². The van der Waals surface area contributed by atoms with Crippen LogP contribution in [-0.4, -0.2) is 23.8 Å². The third-order valence-electron chi connectivity index (χ3n) is 5.34. The smallest absolute Gasteiger partial charge is 0.259 e. The van der Waals surface area contributed by atoms with E-state index >= 15 is 0 Å². The molecule has 0 spiro atoms. The standard InChI is InChI=1S/C25H23N3O3/c1-16-11-13-18(14-12-16)26-23(29)15-22-24(30)27-20-9-5-6-10-21(20)28(22)25(31)19-8-4-3-7-17(19)2/h3-14,22H,15H2,1-2H3,(H,26,29)(H,27,30). The highest BCUT2D eigenvalue weighted by Gasteiger charge is 2.38. The number of fused-ring (bicyclic) bond motifs is 1. The van der Waals surface area contributed by atoms with E-state index in [0.29, 0.717) is 22.6 Å². The van der Waals surface area contributed by atoms with Crippen LogP contribution in [0, 0.1) is 13.8 Å². The molecule has 4 rings (SSSR count). The molecule has 3 aromatic rings. The van der Waals surface area contributed by atoms with Gasteiger partial charge >= 0.3 is 0 Å². The van der Waals surface area contributed by atoms with Crippen LogP contribution < -0.4 is 15.5 Å². The van der Waals surface area contributed by atoms with Crippen LogP contribution in [-0.2, 0) is 9.59 Å². The lowest BCUT2D eigenvalue weighted by Gasteiger charge is -2.36. The molecule has 6 nitrogen and oxygen atoms in total. The Hall–Kier alpha value is -3.93. The number of hydrogen-bond acceptors (Lipinski definition) is 3. The summed E-state index contributed by atoms with van der Waals surface area (Å²) >= 11 is 0. The minimum atomic E-state index is -0.965. The van der Waals surface area contributed by atoms with Gasteiger partial charge in [0.15, 0.2) is 0 Å². The van der Waals surface area contributed by atoms with Gasteiger partial charge in [0.05, 0.1) is 17.8 Å². The van der Waals surface area contributed by atoms with E-state index in [4.69, 9.17) is 0 Å². The predicted molar refractivity (Wildman–Crippen MR) is 121 cm³/mol. The molecule has 0 aromatic heterocycles. The fourth-order valence-corrected chi connectivity index (χ4v) is 3.69. The topological polar surface area (TPSA) is 78.5 Å². The molecular weight excluding hydrogens is 390 g/mol. The molecule has 0 saturated carbocycles. The van der Waals surface area contributed by atoms with Crippen molar-refractivity contribution in [2.75, 3.05) is 15.5 Å². The largest absolute Gasteiger partial charge is 0.326 e. The number of para-hydroxylation sites is 2. The molecule has 1 aliphatic heterocycles. The Morgan fingerprint density at radius 2 is 1.61 bits per heavy atom. The van der Waals surface area contributed by atoms with Crippen molar-refractivity contribution in [3.63, 3.8) is 0 Å². The Balaban J connectivity index is 1.66. The molecule has 0 fully saturated rings. The zero-order chi connectivity index (χ0) is 22.0. The first-order chi connectivity index (χ1) is 14.9. The number of aryl methyl sites for hydroxylation is 2. The summed E-state index contributed by atoms with van der Waals surface area (Å²) in [6.07, 6.45) is -0.161. The van der Waals surface area contributed by atoms with E-state index in [-0.39, 0.29) is 24.1 Å². The number of carbonyl (C=O) groups excluding carboxylic acids is 3. The molecule has 1 atom stereocenters. The lowest BCUT2D eigenvalue weighted by Crippen LogP contribution is -2.52. The quantitative estimate of drug-likeness (QED) is 0.669. The first-order valence-corrected chi connectivity index (χ1v) is 10.1. The van der Waals surface area contributed by atoms with Crippen LogP contribution >= 0.6 is 0 Å². The molecule has 31 heavy (non-hydrogen) atoms. The van der Waals surface area contributed by atoms with Crippen molar-refractivity contribution in [3.8, 4) is 0 Å². The second-order valence-electron chi connectivity index (χ2n) is 7.63. The number of carbonyl (C=O) groups is 3. The van der Waals surface area contributed by atoms with Crippen molar-refractivity contribution in [2.45, 2.75) is 26.3 Å². The lowest BCUT2D eigenvalue weighted by atomic mass is 10.0. The third-order valence-corrected chi connectivity index (χ3v) is 5.34. The van der Waals surface area contributed by atoms with Gasteiger partial charge in [0, 0.05) is 11.3 Å². The summed E-state index contributed by atoms with van der Waals surface area (Å²) in [4.78, 5) is 40.7. The maximum absolute atomic E-state index is 13.5. The third kappa shape index (κ3) is 4.19. The predicted octanol–water partition coefficient (Wildman–Crippen LogP) is 4.30. The van der Waals surface area contributed by atoms with Gasteiger partial charge in [0.1, 0.15) is 6.04 Å². The number of benzene rings is 3. The lowest BCUT2D eigenvalue weighted by molar-refractivity contribution is -0.122. The molecule has 2 N–H and O–H groups in total. The van der Waals surface area contributed by atoms with Gasteiger partial charge in [-0.15, -0.1) is 0 Å². The molecule has 1 aliphatic rings. The Bertz CT molecular complexity index is 1150. The number of rotatable bonds is 4. The molecular formula is C25H23N3O3. The summed E-state index contributed by atoms with van der Waals surface area (Å²) in [7, 11) is 0. The number of nitrogens with one attached hydrogen (secondary N) is 2. The summed E-state index contributed by atoms with van der Waals surface area (Å²) in [5, 5.41) is 5.64. The molecule has 0 saturated heterocycles. The van der Waals surface area contributed by atoms with E-state index in [1.165, 1.54) is 4.90 Å². The molecule has 6 heteroatoms. The number of nitrogens with zero attached hydrogens (tertiary/aromatic N) is 1. The average Bonchev–Trinajstić information content (AvgIpc) is 2.76. The minimum Gasteiger partial charge on any atom is -0.326 e. The van der Waals surface area contributed by atoms with Crippen molar-refractivity contribution in [1.29, 1.82) is 0 Å². The van der Waals surface area contributed by atoms with Crippen LogP contribution in [0.5, 0.6) is 0 Å². The second kappa shape index (κ2) is 8.44. The van der Waals surface area contributed by atoms with Crippen molar-refractivity contribution in [3.05, 3.63) is 89.5 Å². The number of hydrogen-bond donors (Lipinski definition) is 2. The van der Waals surface area contributed by atoms with E-state index in [1.54, 1.807) is 48.5 Å². The highest BCUT2D eigenvalue weighted by Crippen LogP contribution is 2.34. The summed E-state index contributed by atoms with van der Waals surface area (Å²) in [6.45, 7) is 3.81. The maximum atomic E-state index is 13.5. The molecule has 1 heterocycles. The number of anilines is 3. The van der Waals surface area contributed by atoms with E-state index in [1.807, 2.05) is 38.1 Å². The first-order valence-electron chi connectivity index (χ1n) is 10.1. The molecule has 0 radical (unpaired) electrons. The fraction of sp³-hybridized carbons (Fsp3) is 0.160. The van der Waals surface area contributed by atoms with Crippen molar-refractivity contribution < 1.29 is 14.4 Å². The maximum Gasteiger partial charge on any atom is 0.259 e. The highest BCUT2D eigenvalue weighted by molar-refractivity contribution is 6.18. The van der Waals surface area contributed by atoms with Gasteiger partial charge in [-0.2, -0.15) is 0 Å². The van der Waals surface area contributed by atoms with Crippen molar-refractivity contribution in [2.24, 2.45) is 0 Å². The monoisotopic (exact) mass is 413 g/mol. The Labute approximate surface area is 180 Å². The highest BCUT2D eigenvalue weighted by atomic mass is 16.2. The zero-order valence-electron chi connectivity index (χ0n) is 17.4. The molecule has 1 unspecified atom stereocenters. The van der Waals surface area contributed by atoms with E-state index in [2.05, 4.69) is 10.6 Å². The molecule has 0 bridgehead atoms. The Morgan fingerprint density at radius 3 is 2.35 bits per heavy atom. The van der Waals surface area contributed by atoms with Gasteiger partial charge in [-0.1, -0.05) is 48.0 Å². The summed E-state index contributed by atoms with van der Waals surface area (Å²) in [5.74, 6) is -1.04. The molecule has 3 amide bonds. The summed E-state index contributed by atoms with van der Waals surface area (Å²) in [6, 6.07) is 20.8. The molecule has 3 aromatic carbocycles. The van der Waals surface area contributed by atoms with Crippen LogP contribution in [0.1, 0.15) is 27.9 Å². The van der Waals surface area contributed by atoms with Crippen LogP contribution in [0.4, 0.5) is 17.1 Å². The molecule has 156 valence electrons. The SMILES string of the molecule is Cc1ccc(NC(=O)CC2C(=O)Nc3ccccc3N2C(=O)c2ccccc2C)cc1. The Morgan fingerprint density at radius 1 is 0.935 bits per heavy atom. The van der Waals surface area contributed by atoms with Crippen molar-refractivity contribution in [1.82, 2.24) is 0 Å². The van der Waals surface area contributed by atoms with Gasteiger partial charge in [-0.05, 0) is 49.7 Å². The van der Waals surface area contributed by atoms with Gasteiger partial charge < -0.3 is 10.6 Å². The minimum absolute atomic E-state index is 0.161. The Kier molecular flexibility index (Phi) is 5.54. The van der Waals surface area contributed by atoms with Crippen LogP contribution in [0.3, 0.4) is 0 Å². The van der Waals surface area contributed by atoms with Crippen molar-refractivity contribution >= 4 is 34.8 Å². The van der Waals surface area contributed by atoms with Gasteiger partial charge in [0.25, 0.3) is 5.91 Å². The first kappa shape index (κ1) is 20.3. The summed E-state index contributed by atoms with van der Waals surface area (Å²) in [5.41, 5.74) is 4.14. The van der Waals surface area contributed by atoms with Gasteiger partial charge in [-0.25, -0.2) is 0 Å². The van der Waals surface area contributed by atoms with Crippen LogP contribution in [0.2, 0.25) is 0 Å². The van der Waals surface area contributed by atoms with E-state index < -0.39 is 6.04 Å². The van der Waals surface area contributed by atoms with Gasteiger partial charge in [0.2, 0.25) is 11.8 Å². The van der Waals surface area contributed by atoms with Gasteiger partial charge in [-0.3, -0.25) is 19.3 Å². The van der Waals surface area contributed by atoms with Crippen LogP contribution in [0.15, 0.2) is 72.8 Å². The van der Waals surface area contributed by atoms with E-state index in [9.17, 15) is 14.4 Å². The normalized spacial score (nSPS) is 15.1.